The molecule has 0 bridgehead atoms. The summed E-state index contributed by atoms with van der Waals surface area (Å²) < 4.78 is 23.7. The highest BCUT2D eigenvalue weighted by Gasteiger charge is 2.47. The van der Waals surface area contributed by atoms with Crippen molar-refractivity contribution in [1.82, 2.24) is 4.90 Å². The van der Waals surface area contributed by atoms with Gasteiger partial charge < -0.3 is 5.11 Å². The van der Waals surface area contributed by atoms with Crippen LogP contribution in [0.2, 0.25) is 0 Å². The van der Waals surface area contributed by atoms with Crippen molar-refractivity contribution in [1.29, 1.82) is 0 Å². The van der Waals surface area contributed by atoms with E-state index in [0.717, 1.165) is 25.8 Å². The Balaban J connectivity index is 2.02. The number of rotatable bonds is 5. The fraction of sp³-hybridized carbons (Fsp3) is 0.923. The SMILES string of the molecule is CC(C)S(=O)(=O)CCN1CC2CCCC2C1C(=O)O. The second-order valence-electron chi connectivity index (χ2n) is 6.05. The predicted molar refractivity (Wildman–Crippen MR) is 72.8 cm³/mol. The molecule has 6 heteroatoms. The van der Waals surface area contributed by atoms with Crippen molar-refractivity contribution in [3.63, 3.8) is 0 Å². The zero-order chi connectivity index (χ0) is 14.2. The summed E-state index contributed by atoms with van der Waals surface area (Å²) in [6.45, 7) is 4.44. The highest BCUT2D eigenvalue weighted by Crippen LogP contribution is 2.42. The molecule has 1 N–H and O–H groups in total. The molecule has 1 saturated carbocycles. The second kappa shape index (κ2) is 5.40. The molecule has 110 valence electrons. The molecule has 5 nitrogen and oxygen atoms in total. The lowest BCUT2D eigenvalue weighted by Gasteiger charge is -2.24. The van der Waals surface area contributed by atoms with Crippen molar-refractivity contribution in [3.8, 4) is 0 Å². The van der Waals surface area contributed by atoms with Gasteiger partial charge in [0.25, 0.3) is 0 Å². The summed E-state index contributed by atoms with van der Waals surface area (Å²) in [5, 5.41) is 8.99. The Morgan fingerprint density at radius 2 is 2.05 bits per heavy atom. The van der Waals surface area contributed by atoms with E-state index in [1.54, 1.807) is 13.8 Å². The van der Waals surface area contributed by atoms with Crippen LogP contribution in [0.25, 0.3) is 0 Å². The molecule has 0 amide bonds. The lowest BCUT2D eigenvalue weighted by Crippen LogP contribution is -2.42. The average molecular weight is 289 g/mol. The van der Waals surface area contributed by atoms with Crippen molar-refractivity contribution in [3.05, 3.63) is 0 Å². The standard InChI is InChI=1S/C13H23NO4S/c1-9(2)19(17,18)7-6-14-8-10-4-3-5-11(10)12(14)13(15)16/h9-12H,3-8H2,1-2H3,(H,15,16). The van der Waals surface area contributed by atoms with Gasteiger partial charge in [-0.25, -0.2) is 8.42 Å². The van der Waals surface area contributed by atoms with E-state index in [1.165, 1.54) is 0 Å². The number of sulfone groups is 1. The fourth-order valence-corrected chi connectivity index (χ4v) is 4.40. The number of hydrogen-bond acceptors (Lipinski definition) is 4. The van der Waals surface area contributed by atoms with Crippen LogP contribution in [-0.4, -0.2) is 54.5 Å². The maximum Gasteiger partial charge on any atom is 0.321 e. The molecule has 2 fully saturated rings. The van der Waals surface area contributed by atoms with E-state index in [-0.39, 0.29) is 11.7 Å². The number of carboxylic acid groups (broad SMARTS) is 1. The first-order valence-corrected chi connectivity index (χ1v) is 8.73. The summed E-state index contributed by atoms with van der Waals surface area (Å²) in [7, 11) is -3.09. The van der Waals surface area contributed by atoms with Crippen LogP contribution in [0, 0.1) is 11.8 Å². The Hall–Kier alpha value is -0.620. The average Bonchev–Trinajstić information content (AvgIpc) is 2.84. The third-order valence-electron chi connectivity index (χ3n) is 4.62. The van der Waals surface area contributed by atoms with Crippen LogP contribution in [0.4, 0.5) is 0 Å². The number of aliphatic carboxylic acids is 1. The molecule has 1 aliphatic heterocycles. The Morgan fingerprint density at radius 3 is 2.63 bits per heavy atom. The monoisotopic (exact) mass is 289 g/mol. The minimum Gasteiger partial charge on any atom is -0.480 e. The lowest BCUT2D eigenvalue weighted by atomic mass is 9.94. The molecule has 3 atom stereocenters. The van der Waals surface area contributed by atoms with Crippen molar-refractivity contribution >= 4 is 15.8 Å². The first-order chi connectivity index (χ1) is 8.83. The molecule has 0 aromatic rings. The smallest absolute Gasteiger partial charge is 0.321 e. The Kier molecular flexibility index (Phi) is 4.20. The first kappa shape index (κ1) is 14.8. The molecule has 19 heavy (non-hydrogen) atoms. The third kappa shape index (κ3) is 2.94. The third-order valence-corrected chi connectivity index (χ3v) is 6.81. The first-order valence-electron chi connectivity index (χ1n) is 7.01. The van der Waals surface area contributed by atoms with Gasteiger partial charge in [0.15, 0.2) is 9.84 Å². The van der Waals surface area contributed by atoms with Gasteiger partial charge >= 0.3 is 5.97 Å². The minimum absolute atomic E-state index is 0.0634. The van der Waals surface area contributed by atoms with Gasteiger partial charge in [-0.1, -0.05) is 6.42 Å². The Labute approximate surface area is 114 Å². The van der Waals surface area contributed by atoms with Gasteiger partial charge in [-0.05, 0) is 38.5 Å². The molecule has 0 aromatic carbocycles. The maximum absolute atomic E-state index is 11.8. The van der Waals surface area contributed by atoms with Crippen molar-refractivity contribution < 1.29 is 18.3 Å². The van der Waals surface area contributed by atoms with Crippen molar-refractivity contribution in [2.24, 2.45) is 11.8 Å². The number of carbonyl (C=O) groups is 1. The zero-order valence-corrected chi connectivity index (χ0v) is 12.4. The van der Waals surface area contributed by atoms with E-state index in [0.29, 0.717) is 12.5 Å². The van der Waals surface area contributed by atoms with Crippen LogP contribution in [0.5, 0.6) is 0 Å². The lowest BCUT2D eigenvalue weighted by molar-refractivity contribution is -0.143. The van der Waals surface area contributed by atoms with Gasteiger partial charge in [0.2, 0.25) is 0 Å². The summed E-state index contributed by atoms with van der Waals surface area (Å²) in [6.07, 6.45) is 3.16. The Bertz CT molecular complexity index is 446. The molecule has 1 aliphatic carbocycles. The minimum atomic E-state index is -3.09. The molecule has 0 aromatic heterocycles. The van der Waals surface area contributed by atoms with Crippen LogP contribution >= 0.6 is 0 Å². The molecule has 2 aliphatic rings. The number of carboxylic acids is 1. The van der Waals surface area contributed by atoms with Crippen LogP contribution in [0.3, 0.4) is 0 Å². The highest BCUT2D eigenvalue weighted by molar-refractivity contribution is 7.92. The molecule has 1 saturated heterocycles. The summed E-state index contributed by atoms with van der Waals surface area (Å²) >= 11 is 0. The van der Waals surface area contributed by atoms with Gasteiger partial charge in [-0.2, -0.15) is 0 Å². The Morgan fingerprint density at radius 1 is 1.37 bits per heavy atom. The summed E-state index contributed by atoms with van der Waals surface area (Å²) in [4.78, 5) is 13.3. The summed E-state index contributed by atoms with van der Waals surface area (Å²) in [5.41, 5.74) is 0. The second-order valence-corrected chi connectivity index (χ2v) is 8.73. The van der Waals surface area contributed by atoms with E-state index in [2.05, 4.69) is 0 Å². The highest BCUT2D eigenvalue weighted by atomic mass is 32.2. The van der Waals surface area contributed by atoms with Crippen LogP contribution < -0.4 is 0 Å². The van der Waals surface area contributed by atoms with E-state index in [1.807, 2.05) is 4.90 Å². The molecule has 0 spiro atoms. The quantitative estimate of drug-likeness (QED) is 0.817. The summed E-state index contributed by atoms with van der Waals surface area (Å²) in [6, 6.07) is -0.477. The molecular weight excluding hydrogens is 266 g/mol. The van der Waals surface area contributed by atoms with Crippen LogP contribution in [-0.2, 0) is 14.6 Å². The van der Waals surface area contributed by atoms with Crippen LogP contribution in [0.15, 0.2) is 0 Å². The number of hydrogen-bond donors (Lipinski definition) is 1. The van der Waals surface area contributed by atoms with Gasteiger partial charge in [-0.3, -0.25) is 9.69 Å². The molecule has 2 rings (SSSR count). The van der Waals surface area contributed by atoms with Crippen LogP contribution in [0.1, 0.15) is 33.1 Å². The van der Waals surface area contributed by atoms with E-state index < -0.39 is 27.1 Å². The zero-order valence-electron chi connectivity index (χ0n) is 11.6. The topological polar surface area (TPSA) is 74.7 Å². The maximum atomic E-state index is 11.8. The normalized spacial score (nSPS) is 31.8. The van der Waals surface area contributed by atoms with Gasteiger partial charge in [0.1, 0.15) is 6.04 Å². The van der Waals surface area contributed by atoms with Gasteiger partial charge in [0.05, 0.1) is 11.0 Å². The molecule has 0 radical (unpaired) electrons. The molecular formula is C13H23NO4S. The van der Waals surface area contributed by atoms with Gasteiger partial charge in [0, 0.05) is 13.1 Å². The van der Waals surface area contributed by atoms with Gasteiger partial charge in [-0.15, -0.1) is 0 Å². The fourth-order valence-electron chi connectivity index (χ4n) is 3.44. The number of likely N-dealkylation sites (tertiary alicyclic amines) is 1. The molecule has 1 heterocycles. The largest absolute Gasteiger partial charge is 0.480 e. The van der Waals surface area contributed by atoms with E-state index in [9.17, 15) is 18.3 Å². The number of fused-ring (bicyclic) bond motifs is 1. The van der Waals surface area contributed by atoms with Crippen molar-refractivity contribution in [2.45, 2.75) is 44.4 Å². The predicted octanol–water partition coefficient (Wildman–Crippen LogP) is 0.995. The number of nitrogens with zero attached hydrogens (tertiary/aromatic N) is 1. The summed E-state index contributed by atoms with van der Waals surface area (Å²) in [5.74, 6) is -0.0631. The van der Waals surface area contributed by atoms with Crippen molar-refractivity contribution in [2.75, 3.05) is 18.8 Å². The van der Waals surface area contributed by atoms with E-state index in [4.69, 9.17) is 0 Å². The molecule has 3 unspecified atom stereocenters. The van der Waals surface area contributed by atoms with E-state index >= 15 is 0 Å².